The molecule has 0 atom stereocenters. The van der Waals surface area contributed by atoms with Crippen molar-refractivity contribution in [3.63, 3.8) is 0 Å². The maximum Gasteiger partial charge on any atom is 0.276 e. The fourth-order valence-electron chi connectivity index (χ4n) is 2.47. The molecule has 8 heteroatoms. The van der Waals surface area contributed by atoms with Crippen molar-refractivity contribution in [3.8, 4) is 23.0 Å². The van der Waals surface area contributed by atoms with Gasteiger partial charge in [0.05, 0.1) is 11.9 Å². The van der Waals surface area contributed by atoms with E-state index >= 15 is 0 Å². The number of carbonyl (C=O) groups excluding carboxylic acids is 1. The number of amides is 1. The number of nitrogens with one attached hydrogen (secondary N) is 1. The molecule has 1 amide bonds. The predicted octanol–water partition coefficient (Wildman–Crippen LogP) is 2.51. The summed E-state index contributed by atoms with van der Waals surface area (Å²) in [5, 5.41) is 7.15. The zero-order chi connectivity index (χ0) is 15.3. The fraction of sp³-hybridized carbons (Fsp3) is 0.143. The zero-order valence-corrected chi connectivity index (χ0v) is 12.3. The van der Waals surface area contributed by atoms with Gasteiger partial charge < -0.3 is 14.4 Å². The summed E-state index contributed by atoms with van der Waals surface area (Å²) in [7, 11) is 0. The SMILES string of the molecule is Cc1noc(-c2cnc3n2CC(=O)Nc2cc(Cl)ccc2-3)n1. The number of hydrogen-bond donors (Lipinski definition) is 1. The highest BCUT2D eigenvalue weighted by Crippen LogP contribution is 2.34. The molecule has 2 aromatic heterocycles. The molecule has 3 heterocycles. The smallest absolute Gasteiger partial charge is 0.276 e. The summed E-state index contributed by atoms with van der Waals surface area (Å²) >= 11 is 6.00. The molecule has 110 valence electrons. The van der Waals surface area contributed by atoms with Crippen molar-refractivity contribution in [2.45, 2.75) is 13.5 Å². The van der Waals surface area contributed by atoms with Gasteiger partial charge in [0.2, 0.25) is 5.91 Å². The molecule has 0 fully saturated rings. The maximum atomic E-state index is 12.1. The van der Waals surface area contributed by atoms with Gasteiger partial charge in [-0.05, 0) is 25.1 Å². The molecule has 0 radical (unpaired) electrons. The Morgan fingerprint density at radius 2 is 2.27 bits per heavy atom. The Labute approximate surface area is 129 Å². The van der Waals surface area contributed by atoms with E-state index in [0.29, 0.717) is 33.9 Å². The van der Waals surface area contributed by atoms with E-state index in [4.69, 9.17) is 16.1 Å². The number of imidazole rings is 1. The number of aryl methyl sites for hydroxylation is 1. The first-order valence-corrected chi connectivity index (χ1v) is 6.95. The van der Waals surface area contributed by atoms with Crippen LogP contribution in [0.5, 0.6) is 0 Å². The van der Waals surface area contributed by atoms with Crippen molar-refractivity contribution in [1.82, 2.24) is 19.7 Å². The first-order valence-electron chi connectivity index (χ1n) is 6.58. The first kappa shape index (κ1) is 13.0. The third-order valence-electron chi connectivity index (χ3n) is 3.40. The third-order valence-corrected chi connectivity index (χ3v) is 3.64. The average Bonchev–Trinajstić information content (AvgIpc) is 3.02. The molecule has 1 aliphatic heterocycles. The number of hydrogen-bond acceptors (Lipinski definition) is 5. The fourth-order valence-corrected chi connectivity index (χ4v) is 2.64. The minimum atomic E-state index is -0.169. The lowest BCUT2D eigenvalue weighted by atomic mass is 10.1. The molecule has 7 nitrogen and oxygen atoms in total. The van der Waals surface area contributed by atoms with Crippen LogP contribution in [-0.2, 0) is 11.3 Å². The van der Waals surface area contributed by atoms with Gasteiger partial charge in [-0.3, -0.25) is 4.79 Å². The zero-order valence-electron chi connectivity index (χ0n) is 11.5. The molecule has 0 saturated carbocycles. The van der Waals surface area contributed by atoms with Crippen LogP contribution in [0.4, 0.5) is 5.69 Å². The van der Waals surface area contributed by atoms with Crippen molar-refractivity contribution in [3.05, 3.63) is 35.2 Å². The first-order chi connectivity index (χ1) is 10.6. The topological polar surface area (TPSA) is 85.8 Å². The van der Waals surface area contributed by atoms with Gasteiger partial charge in [0.15, 0.2) is 5.82 Å². The van der Waals surface area contributed by atoms with E-state index in [2.05, 4.69) is 20.4 Å². The summed E-state index contributed by atoms with van der Waals surface area (Å²) in [6, 6.07) is 5.29. The van der Waals surface area contributed by atoms with E-state index in [9.17, 15) is 4.79 Å². The quantitative estimate of drug-likeness (QED) is 0.745. The molecule has 0 unspecified atom stereocenters. The molecule has 0 saturated heterocycles. The monoisotopic (exact) mass is 315 g/mol. The predicted molar refractivity (Wildman–Crippen MR) is 79.3 cm³/mol. The van der Waals surface area contributed by atoms with Crippen molar-refractivity contribution < 1.29 is 9.32 Å². The van der Waals surface area contributed by atoms with E-state index in [1.165, 1.54) is 0 Å². The standard InChI is InChI=1S/C14H10ClN5O2/c1-7-17-14(22-19-7)11-5-16-13-9-3-2-8(15)4-10(9)18-12(21)6-20(11)13/h2-5H,6H2,1H3,(H,18,21). The van der Waals surface area contributed by atoms with Gasteiger partial charge in [-0.25, -0.2) is 4.98 Å². The summed E-state index contributed by atoms with van der Waals surface area (Å²) in [6.45, 7) is 1.84. The largest absolute Gasteiger partial charge is 0.332 e. The summed E-state index contributed by atoms with van der Waals surface area (Å²) in [6.07, 6.45) is 1.62. The van der Waals surface area contributed by atoms with E-state index in [0.717, 1.165) is 5.56 Å². The van der Waals surface area contributed by atoms with Crippen LogP contribution < -0.4 is 5.32 Å². The molecular weight excluding hydrogens is 306 g/mol. The van der Waals surface area contributed by atoms with Crippen molar-refractivity contribution in [2.75, 3.05) is 5.32 Å². The van der Waals surface area contributed by atoms with E-state index < -0.39 is 0 Å². The second kappa shape index (κ2) is 4.67. The minimum Gasteiger partial charge on any atom is -0.332 e. The van der Waals surface area contributed by atoms with Crippen LogP contribution in [0, 0.1) is 6.92 Å². The molecule has 1 N–H and O–H groups in total. The average molecular weight is 316 g/mol. The second-order valence-corrected chi connectivity index (χ2v) is 5.37. The van der Waals surface area contributed by atoms with Crippen LogP contribution in [0.15, 0.2) is 28.9 Å². The Balaban J connectivity index is 1.94. The molecule has 22 heavy (non-hydrogen) atoms. The number of halogens is 1. The van der Waals surface area contributed by atoms with Crippen LogP contribution in [0.1, 0.15) is 5.82 Å². The number of aromatic nitrogens is 4. The van der Waals surface area contributed by atoms with Gasteiger partial charge >= 0.3 is 0 Å². The number of anilines is 1. The number of rotatable bonds is 1. The highest BCUT2D eigenvalue weighted by molar-refractivity contribution is 6.31. The third kappa shape index (κ3) is 1.98. The Morgan fingerprint density at radius 3 is 3.05 bits per heavy atom. The molecule has 0 aliphatic carbocycles. The van der Waals surface area contributed by atoms with Gasteiger partial charge in [-0.1, -0.05) is 16.8 Å². The molecule has 1 aliphatic rings. The van der Waals surface area contributed by atoms with Gasteiger partial charge in [-0.2, -0.15) is 4.98 Å². The van der Waals surface area contributed by atoms with Crippen molar-refractivity contribution >= 4 is 23.2 Å². The van der Waals surface area contributed by atoms with Crippen LogP contribution >= 0.6 is 11.6 Å². The maximum absolute atomic E-state index is 12.1. The van der Waals surface area contributed by atoms with Gasteiger partial charge in [0, 0.05) is 10.6 Å². The molecule has 0 spiro atoms. The number of benzene rings is 1. The molecule has 3 aromatic rings. The summed E-state index contributed by atoms with van der Waals surface area (Å²) < 4.78 is 6.94. The summed E-state index contributed by atoms with van der Waals surface area (Å²) in [5.41, 5.74) is 2.03. The summed E-state index contributed by atoms with van der Waals surface area (Å²) in [5.74, 6) is 1.34. The van der Waals surface area contributed by atoms with E-state index in [1.54, 1.807) is 29.8 Å². The van der Waals surface area contributed by atoms with Gasteiger partial charge in [0.1, 0.15) is 18.1 Å². The lowest BCUT2D eigenvalue weighted by molar-refractivity contribution is -0.116. The van der Waals surface area contributed by atoms with Gasteiger partial charge in [0.25, 0.3) is 5.89 Å². The Morgan fingerprint density at radius 1 is 1.41 bits per heavy atom. The molecule has 1 aromatic carbocycles. The van der Waals surface area contributed by atoms with Crippen molar-refractivity contribution in [1.29, 1.82) is 0 Å². The molecule has 0 bridgehead atoms. The van der Waals surface area contributed by atoms with E-state index in [-0.39, 0.29) is 12.5 Å². The molecule has 4 rings (SSSR count). The number of carbonyl (C=O) groups is 1. The summed E-state index contributed by atoms with van der Waals surface area (Å²) in [4.78, 5) is 20.7. The lowest BCUT2D eigenvalue weighted by Gasteiger charge is -2.06. The van der Waals surface area contributed by atoms with Gasteiger partial charge in [-0.15, -0.1) is 0 Å². The van der Waals surface area contributed by atoms with Crippen LogP contribution in [0.25, 0.3) is 23.0 Å². The Hall–Kier alpha value is -2.67. The highest BCUT2D eigenvalue weighted by Gasteiger charge is 2.24. The van der Waals surface area contributed by atoms with E-state index in [1.807, 2.05) is 6.07 Å². The molecular formula is C14H10ClN5O2. The van der Waals surface area contributed by atoms with Crippen LogP contribution in [0.2, 0.25) is 5.02 Å². The Kier molecular flexibility index (Phi) is 2.77. The van der Waals surface area contributed by atoms with Crippen molar-refractivity contribution in [2.24, 2.45) is 0 Å². The van der Waals surface area contributed by atoms with Crippen LogP contribution in [-0.4, -0.2) is 25.6 Å². The highest BCUT2D eigenvalue weighted by atomic mass is 35.5. The lowest BCUT2D eigenvalue weighted by Crippen LogP contribution is -2.17. The Bertz CT molecular complexity index is 899. The second-order valence-electron chi connectivity index (χ2n) is 4.94. The minimum absolute atomic E-state index is 0.110. The number of fused-ring (bicyclic) bond motifs is 3. The normalized spacial score (nSPS) is 13.3. The van der Waals surface area contributed by atoms with Crippen LogP contribution in [0.3, 0.4) is 0 Å². The number of nitrogens with zero attached hydrogens (tertiary/aromatic N) is 4.